The van der Waals surface area contributed by atoms with Crippen molar-refractivity contribution in [3.05, 3.63) is 47.8 Å². The molecule has 1 aromatic heterocycles. The zero-order valence-corrected chi connectivity index (χ0v) is 14.1. The molecule has 4 heteroatoms. The number of para-hydroxylation sites is 1. The van der Waals surface area contributed by atoms with Gasteiger partial charge in [0, 0.05) is 44.2 Å². The van der Waals surface area contributed by atoms with Crippen LogP contribution in [0.15, 0.2) is 41.5 Å². The Labute approximate surface area is 142 Å². The minimum atomic E-state index is 1.06. The first kappa shape index (κ1) is 14.1. The van der Waals surface area contributed by atoms with Crippen LogP contribution in [0.25, 0.3) is 11.3 Å². The highest BCUT2D eigenvalue weighted by Crippen LogP contribution is 2.40. The molecule has 0 spiro atoms. The summed E-state index contributed by atoms with van der Waals surface area (Å²) in [7, 11) is 2.20. The van der Waals surface area contributed by atoms with Gasteiger partial charge in [0.2, 0.25) is 0 Å². The standard InChI is InChI=1S/C20H22N4/c1-22-10-12-23(13-11-22)17-6-3-7-18-19(17)21-14-16-5-2-4-15-8-9-24(18)20(15)16/h3,5-9,14H,2,4,10-13H2,1H3. The van der Waals surface area contributed by atoms with E-state index in [4.69, 9.17) is 4.99 Å². The lowest BCUT2D eigenvalue weighted by molar-refractivity contribution is 0.313. The third kappa shape index (κ3) is 2.06. The number of fused-ring (bicyclic) bond motifs is 2. The van der Waals surface area contributed by atoms with E-state index >= 15 is 0 Å². The quantitative estimate of drug-likeness (QED) is 0.806. The molecular formula is C20H22N4. The lowest BCUT2D eigenvalue weighted by Crippen LogP contribution is -2.44. The van der Waals surface area contributed by atoms with E-state index in [-0.39, 0.29) is 0 Å². The minimum absolute atomic E-state index is 1.06. The Kier molecular flexibility index (Phi) is 3.13. The first-order valence-electron chi connectivity index (χ1n) is 8.83. The van der Waals surface area contributed by atoms with Gasteiger partial charge in [-0.15, -0.1) is 0 Å². The SMILES string of the molecule is CN1CCN(c2cccc3c2N=CC2=CCCc4ccn-3c42)CC1. The van der Waals surface area contributed by atoms with E-state index in [1.165, 1.54) is 28.2 Å². The van der Waals surface area contributed by atoms with E-state index in [2.05, 4.69) is 64.2 Å². The fourth-order valence-corrected chi connectivity index (χ4v) is 4.08. The van der Waals surface area contributed by atoms with Gasteiger partial charge in [0.05, 0.1) is 17.1 Å². The van der Waals surface area contributed by atoms with Crippen LogP contribution in [0.1, 0.15) is 17.7 Å². The van der Waals surface area contributed by atoms with E-state index in [0.29, 0.717) is 0 Å². The van der Waals surface area contributed by atoms with Gasteiger partial charge in [0.15, 0.2) is 0 Å². The molecule has 1 saturated heterocycles. The predicted molar refractivity (Wildman–Crippen MR) is 99.9 cm³/mol. The molecule has 1 aliphatic carbocycles. The van der Waals surface area contributed by atoms with Crippen LogP contribution < -0.4 is 4.90 Å². The molecule has 5 rings (SSSR count). The zero-order chi connectivity index (χ0) is 16.1. The van der Waals surface area contributed by atoms with Crippen molar-refractivity contribution in [2.24, 2.45) is 4.99 Å². The third-order valence-electron chi connectivity index (χ3n) is 5.45. The maximum absolute atomic E-state index is 4.93. The largest absolute Gasteiger partial charge is 0.367 e. The third-order valence-corrected chi connectivity index (χ3v) is 5.45. The molecular weight excluding hydrogens is 296 g/mol. The van der Waals surface area contributed by atoms with Crippen molar-refractivity contribution in [3.8, 4) is 5.69 Å². The maximum Gasteiger partial charge on any atom is 0.110 e. The van der Waals surface area contributed by atoms with Crippen LogP contribution in [0.5, 0.6) is 0 Å². The summed E-state index contributed by atoms with van der Waals surface area (Å²) in [4.78, 5) is 9.80. The Morgan fingerprint density at radius 3 is 2.71 bits per heavy atom. The van der Waals surface area contributed by atoms with Gasteiger partial charge < -0.3 is 14.4 Å². The van der Waals surface area contributed by atoms with Crippen molar-refractivity contribution in [1.82, 2.24) is 9.47 Å². The number of hydrogen-bond acceptors (Lipinski definition) is 3. The lowest BCUT2D eigenvalue weighted by Gasteiger charge is -2.35. The fraction of sp³-hybridized carbons (Fsp3) is 0.350. The highest BCUT2D eigenvalue weighted by Gasteiger charge is 2.24. The van der Waals surface area contributed by atoms with E-state index in [1.807, 2.05) is 0 Å². The minimum Gasteiger partial charge on any atom is -0.367 e. The van der Waals surface area contributed by atoms with Crippen LogP contribution >= 0.6 is 0 Å². The summed E-state index contributed by atoms with van der Waals surface area (Å²) in [5.74, 6) is 0. The Morgan fingerprint density at radius 1 is 1.00 bits per heavy atom. The summed E-state index contributed by atoms with van der Waals surface area (Å²) in [6, 6.07) is 8.86. The van der Waals surface area contributed by atoms with Crippen molar-refractivity contribution in [2.75, 3.05) is 38.1 Å². The molecule has 0 radical (unpaired) electrons. The molecule has 0 N–H and O–H groups in total. The van der Waals surface area contributed by atoms with Crippen LogP contribution in [0.4, 0.5) is 11.4 Å². The molecule has 3 heterocycles. The first-order valence-corrected chi connectivity index (χ1v) is 8.83. The topological polar surface area (TPSA) is 23.8 Å². The second kappa shape index (κ2) is 5.35. The monoisotopic (exact) mass is 318 g/mol. The highest BCUT2D eigenvalue weighted by molar-refractivity contribution is 6.12. The number of likely N-dealkylation sites (N-methyl/N-ethyl adjacent to an activating group) is 1. The predicted octanol–water partition coefficient (Wildman–Crippen LogP) is 3.27. The molecule has 122 valence electrons. The Bertz CT molecular complexity index is 851. The van der Waals surface area contributed by atoms with E-state index in [9.17, 15) is 0 Å². The molecule has 0 bridgehead atoms. The van der Waals surface area contributed by atoms with Crippen LogP contribution in [0, 0.1) is 0 Å². The molecule has 2 aliphatic heterocycles. The molecule has 4 nitrogen and oxygen atoms in total. The van der Waals surface area contributed by atoms with Gasteiger partial charge in [-0.3, -0.25) is 4.99 Å². The highest BCUT2D eigenvalue weighted by atomic mass is 15.3. The number of allylic oxidation sites excluding steroid dienone is 2. The summed E-state index contributed by atoms with van der Waals surface area (Å²) in [6.45, 7) is 4.35. The average molecular weight is 318 g/mol. The van der Waals surface area contributed by atoms with E-state index < -0.39 is 0 Å². The number of nitrogens with zero attached hydrogens (tertiary/aromatic N) is 4. The Morgan fingerprint density at radius 2 is 1.83 bits per heavy atom. The van der Waals surface area contributed by atoms with Crippen LogP contribution in [0.2, 0.25) is 0 Å². The summed E-state index contributed by atoms with van der Waals surface area (Å²) < 4.78 is 2.34. The normalized spacial score (nSPS) is 19.5. The summed E-state index contributed by atoms with van der Waals surface area (Å²) >= 11 is 0. The second-order valence-electron chi connectivity index (χ2n) is 6.95. The van der Waals surface area contributed by atoms with Crippen molar-refractivity contribution >= 4 is 23.2 Å². The van der Waals surface area contributed by atoms with Crippen molar-refractivity contribution in [3.63, 3.8) is 0 Å². The molecule has 24 heavy (non-hydrogen) atoms. The lowest BCUT2D eigenvalue weighted by atomic mass is 9.98. The van der Waals surface area contributed by atoms with Gasteiger partial charge in [-0.25, -0.2) is 0 Å². The second-order valence-corrected chi connectivity index (χ2v) is 6.95. The van der Waals surface area contributed by atoms with Crippen molar-refractivity contribution < 1.29 is 0 Å². The molecule has 1 fully saturated rings. The Hall–Kier alpha value is -2.33. The summed E-state index contributed by atoms with van der Waals surface area (Å²) in [5, 5.41) is 0. The van der Waals surface area contributed by atoms with Crippen molar-refractivity contribution in [2.45, 2.75) is 12.8 Å². The maximum atomic E-state index is 4.93. The van der Waals surface area contributed by atoms with Gasteiger partial charge in [-0.05, 0) is 43.7 Å². The number of aromatic nitrogens is 1. The number of aryl methyl sites for hydroxylation is 1. The summed E-state index contributed by atoms with van der Waals surface area (Å²) in [5.41, 5.74) is 7.61. The van der Waals surface area contributed by atoms with Crippen LogP contribution in [-0.4, -0.2) is 48.9 Å². The molecule has 3 aliphatic rings. The van der Waals surface area contributed by atoms with Crippen molar-refractivity contribution in [1.29, 1.82) is 0 Å². The smallest absolute Gasteiger partial charge is 0.110 e. The van der Waals surface area contributed by atoms with Gasteiger partial charge in [0.25, 0.3) is 0 Å². The molecule has 0 atom stereocenters. The molecule has 0 amide bonds. The van der Waals surface area contributed by atoms with Gasteiger partial charge >= 0.3 is 0 Å². The number of hydrogen-bond donors (Lipinski definition) is 0. The zero-order valence-electron chi connectivity index (χ0n) is 14.1. The number of aliphatic imine (C=N–C) groups is 1. The van der Waals surface area contributed by atoms with E-state index in [0.717, 1.165) is 44.7 Å². The van der Waals surface area contributed by atoms with E-state index in [1.54, 1.807) is 0 Å². The number of piperazine rings is 1. The van der Waals surface area contributed by atoms with Gasteiger partial charge in [-0.2, -0.15) is 0 Å². The summed E-state index contributed by atoms with van der Waals surface area (Å²) in [6.07, 6.45) is 8.85. The number of benzene rings is 1. The van der Waals surface area contributed by atoms with Crippen LogP contribution in [0.3, 0.4) is 0 Å². The number of rotatable bonds is 1. The molecule has 0 saturated carbocycles. The first-order chi connectivity index (χ1) is 11.8. The van der Waals surface area contributed by atoms with Crippen LogP contribution in [-0.2, 0) is 6.42 Å². The average Bonchev–Trinajstić information content (AvgIpc) is 2.97. The fourth-order valence-electron chi connectivity index (χ4n) is 4.08. The molecule has 2 aromatic rings. The number of anilines is 1. The Balaban J connectivity index is 1.67. The molecule has 0 unspecified atom stereocenters. The van der Waals surface area contributed by atoms with Gasteiger partial charge in [0.1, 0.15) is 5.69 Å². The molecule has 1 aromatic carbocycles. The van der Waals surface area contributed by atoms with Gasteiger partial charge in [-0.1, -0.05) is 12.1 Å².